The normalized spacial score (nSPS) is 14.6. The Hall–Kier alpha value is -0.810. The highest BCUT2D eigenvalue weighted by Crippen LogP contribution is 2.02. The van der Waals surface area contributed by atoms with Crippen molar-refractivity contribution in [1.82, 2.24) is 10.6 Å². The number of hydrogen-bond acceptors (Lipinski definition) is 3. The molecule has 0 rings (SSSR count). The Labute approximate surface area is 97.6 Å². The molecule has 0 bridgehead atoms. The van der Waals surface area contributed by atoms with Crippen molar-refractivity contribution in [3.8, 4) is 0 Å². The van der Waals surface area contributed by atoms with Crippen LogP contribution in [0.5, 0.6) is 0 Å². The van der Waals surface area contributed by atoms with Gasteiger partial charge in [0, 0.05) is 13.7 Å². The van der Waals surface area contributed by atoms with E-state index in [-0.39, 0.29) is 18.6 Å². The number of nitrogens with one attached hydrogen (secondary N) is 2. The molecule has 2 atom stereocenters. The van der Waals surface area contributed by atoms with Crippen LogP contribution in [0.3, 0.4) is 0 Å². The largest absolute Gasteiger partial charge is 0.391 e. The Morgan fingerprint density at radius 2 is 2.00 bits per heavy atom. The molecule has 96 valence electrons. The standard InChI is InChI=1S/C11H24N2O3/c1-8(2)5-10(14)6-12-11(15)13-9(3)7-16-4/h8-10,14H,5-7H2,1-4H3,(H2,12,13,15). The van der Waals surface area contributed by atoms with Gasteiger partial charge in [-0.3, -0.25) is 0 Å². The van der Waals surface area contributed by atoms with Crippen LogP contribution in [0.25, 0.3) is 0 Å². The summed E-state index contributed by atoms with van der Waals surface area (Å²) in [5.74, 6) is 0.423. The van der Waals surface area contributed by atoms with E-state index < -0.39 is 6.10 Å². The van der Waals surface area contributed by atoms with E-state index in [1.807, 2.05) is 20.8 Å². The number of aliphatic hydroxyl groups is 1. The van der Waals surface area contributed by atoms with E-state index in [1.54, 1.807) is 7.11 Å². The lowest BCUT2D eigenvalue weighted by molar-refractivity contribution is 0.144. The number of amides is 2. The van der Waals surface area contributed by atoms with E-state index in [4.69, 9.17) is 4.74 Å². The molecule has 5 heteroatoms. The number of hydrogen-bond donors (Lipinski definition) is 3. The molecule has 0 aromatic carbocycles. The fourth-order valence-corrected chi connectivity index (χ4v) is 1.40. The number of urea groups is 1. The van der Waals surface area contributed by atoms with Gasteiger partial charge < -0.3 is 20.5 Å². The topological polar surface area (TPSA) is 70.6 Å². The van der Waals surface area contributed by atoms with E-state index in [9.17, 15) is 9.90 Å². The van der Waals surface area contributed by atoms with E-state index >= 15 is 0 Å². The summed E-state index contributed by atoms with van der Waals surface area (Å²) in [5, 5.41) is 14.9. The molecule has 0 saturated heterocycles. The fraction of sp³-hybridized carbons (Fsp3) is 0.909. The first-order valence-corrected chi connectivity index (χ1v) is 5.67. The predicted molar refractivity (Wildman–Crippen MR) is 63.3 cm³/mol. The smallest absolute Gasteiger partial charge is 0.315 e. The molecule has 0 aliphatic rings. The minimum absolute atomic E-state index is 0.0350. The Bertz CT molecular complexity index is 198. The second kappa shape index (κ2) is 8.35. The molecular weight excluding hydrogens is 208 g/mol. The Morgan fingerprint density at radius 1 is 1.38 bits per heavy atom. The summed E-state index contributed by atoms with van der Waals surface area (Å²) in [4.78, 5) is 11.3. The SMILES string of the molecule is COCC(C)NC(=O)NCC(O)CC(C)C. The summed E-state index contributed by atoms with van der Waals surface area (Å²) in [5.41, 5.74) is 0. The molecule has 0 aliphatic carbocycles. The lowest BCUT2D eigenvalue weighted by atomic mass is 10.1. The van der Waals surface area contributed by atoms with Gasteiger partial charge in [-0.25, -0.2) is 4.79 Å². The number of ether oxygens (including phenoxy) is 1. The highest BCUT2D eigenvalue weighted by Gasteiger charge is 2.10. The van der Waals surface area contributed by atoms with Crippen molar-refractivity contribution < 1.29 is 14.6 Å². The third-order valence-corrected chi connectivity index (χ3v) is 2.04. The maximum atomic E-state index is 11.3. The van der Waals surface area contributed by atoms with Crippen molar-refractivity contribution in [3.05, 3.63) is 0 Å². The van der Waals surface area contributed by atoms with Crippen LogP contribution in [0.2, 0.25) is 0 Å². The first kappa shape index (κ1) is 15.2. The van der Waals surface area contributed by atoms with Crippen LogP contribution >= 0.6 is 0 Å². The molecule has 2 amide bonds. The van der Waals surface area contributed by atoms with Crippen molar-refractivity contribution in [3.63, 3.8) is 0 Å². The Kier molecular flexibility index (Phi) is 7.93. The van der Waals surface area contributed by atoms with Gasteiger partial charge in [-0.1, -0.05) is 13.8 Å². The lowest BCUT2D eigenvalue weighted by Gasteiger charge is -2.16. The number of methoxy groups -OCH3 is 1. The van der Waals surface area contributed by atoms with Gasteiger partial charge in [0.25, 0.3) is 0 Å². The average molecular weight is 232 g/mol. The van der Waals surface area contributed by atoms with E-state index in [0.29, 0.717) is 18.9 Å². The molecule has 16 heavy (non-hydrogen) atoms. The molecule has 2 unspecified atom stereocenters. The first-order chi connectivity index (χ1) is 7.45. The van der Waals surface area contributed by atoms with Crippen LogP contribution in [0, 0.1) is 5.92 Å². The molecule has 0 spiro atoms. The van der Waals surface area contributed by atoms with Gasteiger partial charge in [0.2, 0.25) is 0 Å². The summed E-state index contributed by atoms with van der Waals surface area (Å²) in [6.07, 6.45) is 0.206. The number of aliphatic hydroxyl groups excluding tert-OH is 1. The average Bonchev–Trinajstić information content (AvgIpc) is 2.14. The predicted octanol–water partition coefficient (Wildman–Crippen LogP) is 0.727. The monoisotopic (exact) mass is 232 g/mol. The van der Waals surface area contributed by atoms with Gasteiger partial charge in [-0.15, -0.1) is 0 Å². The van der Waals surface area contributed by atoms with Gasteiger partial charge in [0.1, 0.15) is 0 Å². The molecule has 0 saturated carbocycles. The van der Waals surface area contributed by atoms with Crippen molar-refractivity contribution in [2.75, 3.05) is 20.3 Å². The highest BCUT2D eigenvalue weighted by molar-refractivity contribution is 5.74. The maximum Gasteiger partial charge on any atom is 0.315 e. The van der Waals surface area contributed by atoms with E-state index in [1.165, 1.54) is 0 Å². The summed E-state index contributed by atoms with van der Waals surface area (Å²) >= 11 is 0. The number of carbonyl (C=O) groups is 1. The Morgan fingerprint density at radius 3 is 2.50 bits per heavy atom. The van der Waals surface area contributed by atoms with E-state index in [2.05, 4.69) is 10.6 Å². The molecule has 0 aliphatic heterocycles. The van der Waals surface area contributed by atoms with Crippen molar-refractivity contribution in [1.29, 1.82) is 0 Å². The summed E-state index contributed by atoms with van der Waals surface area (Å²) in [7, 11) is 1.59. The van der Waals surface area contributed by atoms with Crippen molar-refractivity contribution in [2.45, 2.75) is 39.3 Å². The molecule has 0 aromatic rings. The van der Waals surface area contributed by atoms with Gasteiger partial charge in [-0.05, 0) is 19.3 Å². The maximum absolute atomic E-state index is 11.3. The van der Waals surface area contributed by atoms with Crippen LogP contribution in [0.4, 0.5) is 4.79 Å². The molecule has 0 radical (unpaired) electrons. The molecule has 0 aromatic heterocycles. The van der Waals surface area contributed by atoms with Crippen LogP contribution in [-0.4, -0.2) is 43.5 Å². The molecular formula is C11H24N2O3. The van der Waals surface area contributed by atoms with Crippen LogP contribution in [0.1, 0.15) is 27.2 Å². The third kappa shape index (κ3) is 8.49. The summed E-state index contributed by atoms with van der Waals surface area (Å²) < 4.78 is 4.89. The third-order valence-electron chi connectivity index (χ3n) is 2.04. The quantitative estimate of drug-likeness (QED) is 0.606. The highest BCUT2D eigenvalue weighted by atomic mass is 16.5. The molecule has 0 heterocycles. The second-order valence-electron chi connectivity index (χ2n) is 4.49. The van der Waals surface area contributed by atoms with Gasteiger partial charge in [0.15, 0.2) is 0 Å². The van der Waals surface area contributed by atoms with Gasteiger partial charge >= 0.3 is 6.03 Å². The van der Waals surface area contributed by atoms with Crippen LogP contribution < -0.4 is 10.6 Å². The van der Waals surface area contributed by atoms with Gasteiger partial charge in [-0.2, -0.15) is 0 Å². The van der Waals surface area contributed by atoms with E-state index in [0.717, 1.165) is 0 Å². The number of rotatable bonds is 7. The van der Waals surface area contributed by atoms with Crippen LogP contribution in [0.15, 0.2) is 0 Å². The fourth-order valence-electron chi connectivity index (χ4n) is 1.40. The zero-order valence-corrected chi connectivity index (χ0v) is 10.6. The Balaban J connectivity index is 3.64. The zero-order valence-electron chi connectivity index (χ0n) is 10.6. The van der Waals surface area contributed by atoms with Crippen molar-refractivity contribution in [2.24, 2.45) is 5.92 Å². The lowest BCUT2D eigenvalue weighted by Crippen LogP contribution is -2.45. The zero-order chi connectivity index (χ0) is 12.6. The molecule has 3 N–H and O–H groups in total. The van der Waals surface area contributed by atoms with Crippen LogP contribution in [-0.2, 0) is 4.74 Å². The van der Waals surface area contributed by atoms with Crippen molar-refractivity contribution >= 4 is 6.03 Å². The summed E-state index contributed by atoms with van der Waals surface area (Å²) in [6.45, 7) is 6.67. The second-order valence-corrected chi connectivity index (χ2v) is 4.49. The molecule has 0 fully saturated rings. The van der Waals surface area contributed by atoms with Gasteiger partial charge in [0.05, 0.1) is 18.8 Å². The first-order valence-electron chi connectivity index (χ1n) is 5.67. The number of carbonyl (C=O) groups excluding carboxylic acids is 1. The summed E-state index contributed by atoms with van der Waals surface area (Å²) in [6, 6.07) is -0.306. The molecule has 5 nitrogen and oxygen atoms in total. The minimum atomic E-state index is -0.483. The minimum Gasteiger partial charge on any atom is -0.391 e.